The Bertz CT molecular complexity index is 838. The average Bonchev–Trinajstić information content (AvgIpc) is 2.78. The van der Waals surface area contributed by atoms with Crippen LogP contribution in [0.1, 0.15) is 41.2 Å². The van der Waals surface area contributed by atoms with E-state index in [4.69, 9.17) is 5.11 Å². The number of thiazole rings is 1. The lowest BCUT2D eigenvalue weighted by atomic mass is 10.1. The largest absolute Gasteiger partial charge is 0.481 e. The van der Waals surface area contributed by atoms with Gasteiger partial charge in [-0.3, -0.25) is 18.8 Å². The average molecular weight is 351 g/mol. The number of carboxylic acid groups (broad SMARTS) is 1. The van der Waals surface area contributed by atoms with E-state index in [1.807, 2.05) is 27.7 Å². The lowest BCUT2D eigenvalue weighted by molar-refractivity contribution is -0.137. The zero-order chi connectivity index (χ0) is 18.0. The molecule has 0 bridgehead atoms. The van der Waals surface area contributed by atoms with Gasteiger partial charge in [0.25, 0.3) is 11.5 Å². The maximum absolute atomic E-state index is 12.8. The van der Waals surface area contributed by atoms with Gasteiger partial charge < -0.3 is 10.0 Å². The molecule has 8 heteroatoms. The minimum absolute atomic E-state index is 0.0283. The summed E-state index contributed by atoms with van der Waals surface area (Å²) in [6.07, 6.45) is 1.13. The Labute approximate surface area is 143 Å². The third kappa shape index (κ3) is 3.64. The summed E-state index contributed by atoms with van der Waals surface area (Å²) in [5.74, 6) is -1.29. The van der Waals surface area contributed by atoms with Gasteiger partial charge in [0.05, 0.1) is 6.42 Å². The second-order valence-electron chi connectivity index (χ2n) is 6.13. The van der Waals surface area contributed by atoms with Gasteiger partial charge in [-0.05, 0) is 19.8 Å². The third-order valence-corrected chi connectivity index (χ3v) is 4.79. The number of carboxylic acids is 1. The van der Waals surface area contributed by atoms with E-state index in [0.717, 1.165) is 10.6 Å². The molecule has 2 rings (SSSR count). The van der Waals surface area contributed by atoms with Crippen molar-refractivity contribution in [3.8, 4) is 0 Å². The summed E-state index contributed by atoms with van der Waals surface area (Å²) in [6.45, 7) is 8.02. The van der Waals surface area contributed by atoms with Gasteiger partial charge in [-0.2, -0.15) is 0 Å². The zero-order valence-corrected chi connectivity index (χ0v) is 15.0. The van der Waals surface area contributed by atoms with Crippen LogP contribution in [0.25, 0.3) is 4.96 Å². The van der Waals surface area contributed by atoms with E-state index in [1.54, 1.807) is 0 Å². The third-order valence-electron chi connectivity index (χ3n) is 3.72. The summed E-state index contributed by atoms with van der Waals surface area (Å²) in [5, 5.41) is 8.87. The fourth-order valence-corrected chi connectivity index (χ4v) is 3.37. The van der Waals surface area contributed by atoms with Gasteiger partial charge in [0.1, 0.15) is 5.56 Å². The van der Waals surface area contributed by atoms with Crippen molar-refractivity contribution < 1.29 is 14.7 Å². The molecule has 7 nitrogen and oxygen atoms in total. The Balaban J connectivity index is 2.43. The van der Waals surface area contributed by atoms with Gasteiger partial charge >= 0.3 is 5.97 Å². The van der Waals surface area contributed by atoms with Gasteiger partial charge in [-0.25, -0.2) is 4.98 Å². The molecule has 0 radical (unpaired) electrons. The summed E-state index contributed by atoms with van der Waals surface area (Å²) in [6, 6.07) is 0. The first-order chi connectivity index (χ1) is 11.2. The minimum Gasteiger partial charge on any atom is -0.481 e. The van der Waals surface area contributed by atoms with Crippen molar-refractivity contribution in [2.24, 2.45) is 5.92 Å². The van der Waals surface area contributed by atoms with Crippen LogP contribution in [-0.4, -0.2) is 44.4 Å². The molecule has 0 unspecified atom stereocenters. The Hall–Kier alpha value is -2.22. The molecule has 130 valence electrons. The summed E-state index contributed by atoms with van der Waals surface area (Å²) < 4.78 is 1.44. The Morgan fingerprint density at radius 3 is 2.62 bits per heavy atom. The second-order valence-corrected chi connectivity index (χ2v) is 7.31. The van der Waals surface area contributed by atoms with Crippen LogP contribution < -0.4 is 5.56 Å². The molecule has 0 saturated carbocycles. The number of hydrogen-bond acceptors (Lipinski definition) is 5. The number of nitrogens with zero attached hydrogens (tertiary/aromatic N) is 3. The van der Waals surface area contributed by atoms with Gasteiger partial charge in [0.2, 0.25) is 0 Å². The van der Waals surface area contributed by atoms with Gasteiger partial charge in [-0.15, -0.1) is 11.3 Å². The van der Waals surface area contributed by atoms with E-state index < -0.39 is 17.4 Å². The maximum atomic E-state index is 12.8. The molecule has 0 spiro atoms. The van der Waals surface area contributed by atoms with Crippen LogP contribution in [0.15, 0.2) is 11.0 Å². The predicted molar refractivity (Wildman–Crippen MR) is 91.8 cm³/mol. The van der Waals surface area contributed by atoms with Crippen LogP contribution >= 0.6 is 11.3 Å². The highest BCUT2D eigenvalue weighted by Gasteiger charge is 2.23. The van der Waals surface area contributed by atoms with Gasteiger partial charge in [0, 0.05) is 29.9 Å². The molecule has 2 aromatic rings. The van der Waals surface area contributed by atoms with Crippen molar-refractivity contribution in [2.45, 2.75) is 34.1 Å². The monoisotopic (exact) mass is 351 g/mol. The molecule has 0 aliphatic carbocycles. The summed E-state index contributed by atoms with van der Waals surface area (Å²) in [4.78, 5) is 43.4. The molecule has 2 heterocycles. The van der Waals surface area contributed by atoms with E-state index in [0.29, 0.717) is 11.5 Å². The number of aryl methyl sites for hydroxylation is 2. The fourth-order valence-electron chi connectivity index (χ4n) is 2.44. The quantitative estimate of drug-likeness (QED) is 0.859. The maximum Gasteiger partial charge on any atom is 0.305 e. The molecule has 0 aromatic carbocycles. The molecule has 0 aliphatic rings. The Morgan fingerprint density at radius 2 is 2.04 bits per heavy atom. The van der Waals surface area contributed by atoms with Crippen molar-refractivity contribution >= 4 is 28.2 Å². The van der Waals surface area contributed by atoms with Gasteiger partial charge in [-0.1, -0.05) is 13.8 Å². The van der Waals surface area contributed by atoms with E-state index in [1.165, 1.54) is 26.8 Å². The van der Waals surface area contributed by atoms with Crippen molar-refractivity contribution in [3.63, 3.8) is 0 Å². The number of hydrogen-bond donors (Lipinski definition) is 1. The molecule has 0 aliphatic heterocycles. The van der Waals surface area contributed by atoms with Crippen molar-refractivity contribution in [1.82, 2.24) is 14.3 Å². The Morgan fingerprint density at radius 1 is 1.38 bits per heavy atom. The van der Waals surface area contributed by atoms with Crippen LogP contribution in [-0.2, 0) is 4.79 Å². The molecule has 0 atom stereocenters. The summed E-state index contributed by atoms with van der Waals surface area (Å²) in [7, 11) is 0. The Kier molecular flexibility index (Phi) is 5.38. The summed E-state index contributed by atoms with van der Waals surface area (Å²) in [5.41, 5.74) is 0.332. The zero-order valence-electron chi connectivity index (χ0n) is 14.2. The number of aliphatic carboxylic acids is 1. The van der Waals surface area contributed by atoms with Crippen LogP contribution in [0.5, 0.6) is 0 Å². The SMILES string of the molecule is Cc1sc2ncc(C(=O)N(CCC(=O)O)CC(C)C)c(=O)n2c1C. The highest BCUT2D eigenvalue weighted by atomic mass is 32.1. The molecular formula is C16H21N3O4S. The molecule has 1 amide bonds. The van der Waals surface area contributed by atoms with Crippen LogP contribution in [0.3, 0.4) is 0 Å². The van der Waals surface area contributed by atoms with Crippen molar-refractivity contribution in [3.05, 3.63) is 32.7 Å². The van der Waals surface area contributed by atoms with Crippen LogP contribution in [0.2, 0.25) is 0 Å². The number of amides is 1. The lowest BCUT2D eigenvalue weighted by Gasteiger charge is -2.23. The molecule has 24 heavy (non-hydrogen) atoms. The molecule has 1 N–H and O–H groups in total. The molecule has 0 saturated heterocycles. The topological polar surface area (TPSA) is 92.0 Å². The van der Waals surface area contributed by atoms with Gasteiger partial charge in [0.15, 0.2) is 4.96 Å². The molecule has 2 aromatic heterocycles. The number of fused-ring (bicyclic) bond motifs is 1. The fraction of sp³-hybridized carbons (Fsp3) is 0.500. The van der Waals surface area contributed by atoms with E-state index in [-0.39, 0.29) is 24.4 Å². The normalized spacial score (nSPS) is 11.2. The first kappa shape index (κ1) is 18.1. The highest BCUT2D eigenvalue weighted by molar-refractivity contribution is 7.17. The van der Waals surface area contributed by atoms with E-state index in [2.05, 4.69) is 4.98 Å². The van der Waals surface area contributed by atoms with E-state index in [9.17, 15) is 14.4 Å². The standard InChI is InChI=1S/C16H21N3O4S/c1-9(2)8-18(6-5-13(20)21)14(22)12-7-17-16-19(15(12)23)10(3)11(4)24-16/h7,9H,5-6,8H2,1-4H3,(H,20,21). The first-order valence-electron chi connectivity index (χ1n) is 7.71. The smallest absolute Gasteiger partial charge is 0.305 e. The van der Waals surface area contributed by atoms with Crippen molar-refractivity contribution in [2.75, 3.05) is 13.1 Å². The van der Waals surface area contributed by atoms with Crippen LogP contribution in [0.4, 0.5) is 0 Å². The molecule has 0 fully saturated rings. The lowest BCUT2D eigenvalue weighted by Crippen LogP contribution is -2.39. The summed E-state index contributed by atoms with van der Waals surface area (Å²) >= 11 is 1.40. The number of carbonyl (C=O) groups is 2. The molecular weight excluding hydrogens is 330 g/mol. The first-order valence-corrected chi connectivity index (χ1v) is 8.52. The second kappa shape index (κ2) is 7.12. The minimum atomic E-state index is -0.980. The number of rotatable bonds is 6. The van der Waals surface area contributed by atoms with Crippen molar-refractivity contribution in [1.29, 1.82) is 0 Å². The van der Waals surface area contributed by atoms with Crippen LogP contribution in [0, 0.1) is 19.8 Å². The number of aromatic nitrogens is 2. The van der Waals surface area contributed by atoms with E-state index >= 15 is 0 Å². The number of carbonyl (C=O) groups excluding carboxylic acids is 1. The predicted octanol–water partition coefficient (Wildman–Crippen LogP) is 1.95. The highest BCUT2D eigenvalue weighted by Crippen LogP contribution is 2.18.